The maximum absolute atomic E-state index is 3.66. The normalized spacial score (nSPS) is 14.8. The van der Waals surface area contributed by atoms with Crippen molar-refractivity contribution >= 4 is 7.92 Å². The summed E-state index contributed by atoms with van der Waals surface area (Å²) < 4.78 is 0. The molecule has 2 heteroatoms. The molecule has 0 saturated heterocycles. The summed E-state index contributed by atoms with van der Waals surface area (Å²) in [6, 6.07) is 0. The van der Waals surface area contributed by atoms with E-state index in [0.29, 0.717) is 10.3 Å². The van der Waals surface area contributed by atoms with Crippen molar-refractivity contribution in [1.29, 1.82) is 0 Å². The van der Waals surface area contributed by atoms with Crippen LogP contribution in [0.5, 0.6) is 0 Å². The summed E-state index contributed by atoms with van der Waals surface area (Å²) in [4.78, 5) is 0. The van der Waals surface area contributed by atoms with Crippen LogP contribution in [0.2, 0.25) is 0 Å². The predicted molar refractivity (Wildman–Crippen MR) is 74.2 cm³/mol. The summed E-state index contributed by atoms with van der Waals surface area (Å²) in [6.45, 7) is 20.9. The Morgan fingerprint density at radius 1 is 0.733 bits per heavy atom. The van der Waals surface area contributed by atoms with Gasteiger partial charge in [0.25, 0.3) is 0 Å². The SMILES string of the molecule is CC(C)(C)NCP(C(C)(C)C)C(C)(C)C. The van der Waals surface area contributed by atoms with Crippen molar-refractivity contribution < 1.29 is 0 Å². The van der Waals surface area contributed by atoms with Gasteiger partial charge in [0.15, 0.2) is 0 Å². The molecule has 0 fully saturated rings. The number of rotatable bonds is 2. The molecule has 15 heavy (non-hydrogen) atoms. The van der Waals surface area contributed by atoms with Crippen molar-refractivity contribution in [2.75, 3.05) is 6.29 Å². The van der Waals surface area contributed by atoms with Gasteiger partial charge in [-0.25, -0.2) is 0 Å². The molecule has 1 nitrogen and oxygen atoms in total. The van der Waals surface area contributed by atoms with E-state index >= 15 is 0 Å². The fraction of sp³-hybridized carbons (Fsp3) is 1.00. The van der Waals surface area contributed by atoms with Crippen LogP contribution in [-0.2, 0) is 0 Å². The summed E-state index contributed by atoms with van der Waals surface area (Å²) in [6.07, 6.45) is 1.16. The van der Waals surface area contributed by atoms with Crippen molar-refractivity contribution in [3.8, 4) is 0 Å². The van der Waals surface area contributed by atoms with Crippen molar-refractivity contribution in [3.63, 3.8) is 0 Å². The molecule has 0 aromatic heterocycles. The first-order valence-corrected chi connectivity index (χ1v) is 7.39. The quantitative estimate of drug-likeness (QED) is 0.694. The van der Waals surface area contributed by atoms with Crippen molar-refractivity contribution in [2.24, 2.45) is 0 Å². The van der Waals surface area contributed by atoms with E-state index in [0.717, 1.165) is 6.29 Å². The Hall–Kier alpha value is 0.390. The van der Waals surface area contributed by atoms with Gasteiger partial charge in [-0.2, -0.15) is 0 Å². The minimum absolute atomic E-state index is 0.0182. The van der Waals surface area contributed by atoms with Crippen LogP contribution in [0.15, 0.2) is 0 Å². The predicted octanol–water partition coefficient (Wildman–Crippen LogP) is 4.41. The highest BCUT2D eigenvalue weighted by Crippen LogP contribution is 2.58. The first kappa shape index (κ1) is 15.4. The lowest BCUT2D eigenvalue weighted by Crippen LogP contribution is -2.40. The van der Waals surface area contributed by atoms with Gasteiger partial charge >= 0.3 is 0 Å². The summed E-state index contributed by atoms with van der Waals surface area (Å²) in [5.41, 5.74) is 0.233. The molecule has 0 rings (SSSR count). The van der Waals surface area contributed by atoms with Crippen molar-refractivity contribution in [2.45, 2.75) is 78.2 Å². The summed E-state index contributed by atoms with van der Waals surface area (Å²) in [7, 11) is -0.0182. The number of nitrogens with one attached hydrogen (secondary N) is 1. The van der Waals surface area contributed by atoms with Crippen LogP contribution < -0.4 is 5.32 Å². The van der Waals surface area contributed by atoms with E-state index in [1.165, 1.54) is 0 Å². The maximum Gasteiger partial charge on any atom is 0.0170 e. The molecule has 0 aliphatic heterocycles. The second-order valence-corrected chi connectivity index (χ2v) is 11.2. The first-order chi connectivity index (χ1) is 6.34. The van der Waals surface area contributed by atoms with E-state index in [-0.39, 0.29) is 13.5 Å². The van der Waals surface area contributed by atoms with E-state index in [2.05, 4.69) is 67.6 Å². The molecule has 0 aliphatic rings. The van der Waals surface area contributed by atoms with Crippen LogP contribution in [0.1, 0.15) is 62.3 Å². The molecule has 0 heterocycles. The fourth-order valence-corrected chi connectivity index (χ4v) is 5.39. The fourth-order valence-electron chi connectivity index (χ4n) is 1.80. The Bertz CT molecular complexity index is 176. The molecule has 0 aliphatic carbocycles. The second-order valence-electron chi connectivity index (χ2n) is 7.35. The van der Waals surface area contributed by atoms with E-state index in [1.807, 2.05) is 0 Å². The second kappa shape index (κ2) is 4.72. The van der Waals surface area contributed by atoms with Crippen LogP contribution in [0.3, 0.4) is 0 Å². The Morgan fingerprint density at radius 2 is 1.07 bits per heavy atom. The van der Waals surface area contributed by atoms with Gasteiger partial charge in [0.2, 0.25) is 0 Å². The standard InChI is InChI=1S/C13H30NP/c1-11(2,3)14-10-15(12(4,5)6)13(7,8)9/h14H,10H2,1-9H3. The molecule has 0 unspecified atom stereocenters. The van der Waals surface area contributed by atoms with Gasteiger partial charge < -0.3 is 5.32 Å². The Morgan fingerprint density at radius 3 is 1.27 bits per heavy atom. The Labute approximate surface area is 98.2 Å². The van der Waals surface area contributed by atoms with Gasteiger partial charge in [-0.05, 0) is 31.1 Å². The molecule has 0 spiro atoms. The summed E-state index contributed by atoms with van der Waals surface area (Å²) in [5.74, 6) is 0. The van der Waals surface area contributed by atoms with Crippen LogP contribution >= 0.6 is 7.92 Å². The lowest BCUT2D eigenvalue weighted by molar-refractivity contribution is 0.456. The first-order valence-electron chi connectivity index (χ1n) is 5.87. The number of hydrogen-bond donors (Lipinski definition) is 1. The Kier molecular flexibility index (Phi) is 4.84. The molecular weight excluding hydrogens is 201 g/mol. The molecule has 92 valence electrons. The van der Waals surface area contributed by atoms with Gasteiger partial charge in [0.05, 0.1) is 0 Å². The van der Waals surface area contributed by atoms with Gasteiger partial charge in [0, 0.05) is 11.8 Å². The highest BCUT2D eigenvalue weighted by Gasteiger charge is 2.34. The maximum atomic E-state index is 3.66. The molecule has 0 aromatic carbocycles. The zero-order valence-corrected chi connectivity index (χ0v) is 13.0. The Balaban J connectivity index is 4.56. The van der Waals surface area contributed by atoms with Gasteiger partial charge in [-0.15, -0.1) is 0 Å². The van der Waals surface area contributed by atoms with E-state index in [4.69, 9.17) is 0 Å². The zero-order chi connectivity index (χ0) is 12.5. The third-order valence-electron chi connectivity index (χ3n) is 2.39. The molecule has 0 aromatic rings. The van der Waals surface area contributed by atoms with Crippen molar-refractivity contribution in [1.82, 2.24) is 5.32 Å². The zero-order valence-electron chi connectivity index (χ0n) is 12.2. The van der Waals surface area contributed by atoms with Crippen molar-refractivity contribution in [3.05, 3.63) is 0 Å². The molecule has 0 atom stereocenters. The average Bonchev–Trinajstić information content (AvgIpc) is 1.75. The smallest absolute Gasteiger partial charge is 0.0170 e. The molecular formula is C13H30NP. The third kappa shape index (κ3) is 6.53. The van der Waals surface area contributed by atoms with Crippen LogP contribution in [-0.4, -0.2) is 22.1 Å². The average molecular weight is 231 g/mol. The summed E-state index contributed by atoms with van der Waals surface area (Å²) in [5, 5.41) is 4.51. The molecule has 1 N–H and O–H groups in total. The van der Waals surface area contributed by atoms with E-state index in [1.54, 1.807) is 0 Å². The molecule has 0 saturated carbocycles. The minimum Gasteiger partial charge on any atom is -0.308 e. The highest BCUT2D eigenvalue weighted by atomic mass is 31.1. The number of hydrogen-bond acceptors (Lipinski definition) is 1. The highest BCUT2D eigenvalue weighted by molar-refractivity contribution is 7.60. The lowest BCUT2D eigenvalue weighted by atomic mass is 10.1. The largest absolute Gasteiger partial charge is 0.308 e. The summed E-state index contributed by atoms with van der Waals surface area (Å²) >= 11 is 0. The van der Waals surface area contributed by atoms with E-state index < -0.39 is 0 Å². The van der Waals surface area contributed by atoms with Gasteiger partial charge in [0.1, 0.15) is 0 Å². The van der Waals surface area contributed by atoms with Crippen LogP contribution in [0.25, 0.3) is 0 Å². The van der Waals surface area contributed by atoms with Gasteiger partial charge in [-0.1, -0.05) is 49.5 Å². The van der Waals surface area contributed by atoms with Crippen LogP contribution in [0.4, 0.5) is 0 Å². The van der Waals surface area contributed by atoms with Crippen LogP contribution in [0, 0.1) is 0 Å². The molecule has 0 bridgehead atoms. The monoisotopic (exact) mass is 231 g/mol. The molecule has 0 amide bonds. The lowest BCUT2D eigenvalue weighted by Gasteiger charge is -2.43. The third-order valence-corrected chi connectivity index (χ3v) is 6.10. The van der Waals surface area contributed by atoms with E-state index in [9.17, 15) is 0 Å². The molecule has 0 radical (unpaired) electrons. The van der Waals surface area contributed by atoms with Gasteiger partial charge in [-0.3, -0.25) is 0 Å². The minimum atomic E-state index is -0.0182. The topological polar surface area (TPSA) is 12.0 Å².